The fraction of sp³-hybridized carbons (Fsp3) is 0.667. The second-order valence-electron chi connectivity index (χ2n) is 4.88. The number of nitrogens with one attached hydrogen (secondary N) is 1. The predicted molar refractivity (Wildman–Crippen MR) is 75.3 cm³/mol. The molecule has 0 saturated carbocycles. The third kappa shape index (κ3) is 4.62. The van der Waals surface area contributed by atoms with E-state index in [1.54, 1.807) is 6.07 Å². The first-order valence-electron chi connectivity index (χ1n) is 6.80. The van der Waals surface area contributed by atoms with Crippen LogP contribution in [0.15, 0.2) is 6.07 Å². The topological polar surface area (TPSA) is 70.3 Å². The summed E-state index contributed by atoms with van der Waals surface area (Å²) in [5.74, 6) is 1.42. The maximum Gasteiger partial charge on any atom is 0.401 e. The average Bonchev–Trinajstić information content (AvgIpc) is 2.37. The Labute approximate surface area is 121 Å². The maximum absolute atomic E-state index is 12.4. The lowest BCUT2D eigenvalue weighted by atomic mass is 10.3. The Morgan fingerprint density at radius 1 is 1.24 bits per heavy atom. The standard InChI is InChI=1S/C12H19F3N6/c1-2-17-9-7-10(19-11(16)18-9)21-5-3-20(4-6-21)8-12(13,14)15/h7H,2-6,8H2,1H3,(H3,16,17,18,19). The molecule has 1 saturated heterocycles. The summed E-state index contributed by atoms with van der Waals surface area (Å²) in [4.78, 5) is 11.5. The Kier molecular flexibility index (Phi) is 4.71. The largest absolute Gasteiger partial charge is 0.401 e. The van der Waals surface area contributed by atoms with Gasteiger partial charge in [-0.15, -0.1) is 0 Å². The van der Waals surface area contributed by atoms with Crippen molar-refractivity contribution in [2.75, 3.05) is 55.2 Å². The van der Waals surface area contributed by atoms with E-state index in [2.05, 4.69) is 15.3 Å². The Hall–Kier alpha value is -1.77. The lowest BCUT2D eigenvalue weighted by Crippen LogP contribution is -2.49. The monoisotopic (exact) mass is 304 g/mol. The molecule has 0 aromatic carbocycles. The molecule has 0 amide bonds. The minimum Gasteiger partial charge on any atom is -0.370 e. The van der Waals surface area contributed by atoms with Gasteiger partial charge in [0, 0.05) is 38.8 Å². The first-order valence-corrected chi connectivity index (χ1v) is 6.80. The summed E-state index contributed by atoms with van der Waals surface area (Å²) in [6.07, 6.45) is -4.15. The number of rotatable bonds is 4. The van der Waals surface area contributed by atoms with Gasteiger partial charge in [-0.05, 0) is 6.92 Å². The van der Waals surface area contributed by atoms with Crippen LogP contribution in [-0.4, -0.2) is 60.3 Å². The molecule has 0 unspecified atom stereocenters. The lowest BCUT2D eigenvalue weighted by Gasteiger charge is -2.35. The van der Waals surface area contributed by atoms with Gasteiger partial charge in [0.05, 0.1) is 6.54 Å². The number of nitrogens with zero attached hydrogens (tertiary/aromatic N) is 4. The van der Waals surface area contributed by atoms with E-state index in [1.165, 1.54) is 4.90 Å². The van der Waals surface area contributed by atoms with Crippen molar-refractivity contribution in [2.45, 2.75) is 13.1 Å². The number of nitrogen functional groups attached to an aromatic ring is 1. The summed E-state index contributed by atoms with van der Waals surface area (Å²) < 4.78 is 37.1. The van der Waals surface area contributed by atoms with Crippen LogP contribution in [0.3, 0.4) is 0 Å². The maximum atomic E-state index is 12.4. The quantitative estimate of drug-likeness (QED) is 0.870. The van der Waals surface area contributed by atoms with Crippen molar-refractivity contribution in [3.05, 3.63) is 6.07 Å². The van der Waals surface area contributed by atoms with Crippen molar-refractivity contribution in [2.24, 2.45) is 0 Å². The smallest absolute Gasteiger partial charge is 0.370 e. The molecule has 6 nitrogen and oxygen atoms in total. The summed E-state index contributed by atoms with van der Waals surface area (Å²) in [7, 11) is 0. The zero-order chi connectivity index (χ0) is 15.5. The van der Waals surface area contributed by atoms with Gasteiger partial charge in [-0.3, -0.25) is 4.90 Å². The van der Waals surface area contributed by atoms with Crippen LogP contribution in [-0.2, 0) is 0 Å². The van der Waals surface area contributed by atoms with Gasteiger partial charge in [0.25, 0.3) is 0 Å². The Balaban J connectivity index is 1.98. The first kappa shape index (κ1) is 15.6. The number of aromatic nitrogens is 2. The molecule has 118 valence electrons. The van der Waals surface area contributed by atoms with Crippen molar-refractivity contribution >= 4 is 17.6 Å². The van der Waals surface area contributed by atoms with Crippen molar-refractivity contribution in [1.82, 2.24) is 14.9 Å². The Morgan fingerprint density at radius 2 is 1.90 bits per heavy atom. The molecule has 1 aliphatic rings. The number of hydrogen-bond donors (Lipinski definition) is 2. The number of hydrogen-bond acceptors (Lipinski definition) is 6. The van der Waals surface area contributed by atoms with Gasteiger partial charge in [-0.2, -0.15) is 23.1 Å². The third-order valence-corrected chi connectivity index (χ3v) is 3.19. The molecule has 1 aromatic heterocycles. The predicted octanol–water partition coefficient (Wildman–Crippen LogP) is 1.17. The normalized spacial score (nSPS) is 17.0. The van der Waals surface area contributed by atoms with Gasteiger partial charge in [-0.1, -0.05) is 0 Å². The molecule has 0 radical (unpaired) electrons. The summed E-state index contributed by atoms with van der Waals surface area (Å²) in [5, 5.41) is 3.05. The zero-order valence-electron chi connectivity index (χ0n) is 11.8. The summed E-state index contributed by atoms with van der Waals surface area (Å²) in [6, 6.07) is 1.76. The van der Waals surface area contributed by atoms with E-state index >= 15 is 0 Å². The molecule has 9 heteroatoms. The van der Waals surface area contributed by atoms with Gasteiger partial charge in [0.2, 0.25) is 5.95 Å². The van der Waals surface area contributed by atoms with Crippen LogP contribution in [0.2, 0.25) is 0 Å². The molecule has 3 N–H and O–H groups in total. The molecule has 0 bridgehead atoms. The van der Waals surface area contributed by atoms with Gasteiger partial charge in [-0.25, -0.2) is 0 Å². The van der Waals surface area contributed by atoms with Crippen LogP contribution in [0.4, 0.5) is 30.8 Å². The van der Waals surface area contributed by atoms with Crippen LogP contribution in [0.1, 0.15) is 6.92 Å². The second-order valence-corrected chi connectivity index (χ2v) is 4.88. The van der Waals surface area contributed by atoms with Gasteiger partial charge in [0.1, 0.15) is 11.6 Å². The molecule has 0 spiro atoms. The molecule has 2 heterocycles. The zero-order valence-corrected chi connectivity index (χ0v) is 11.8. The highest BCUT2D eigenvalue weighted by Crippen LogP contribution is 2.21. The van der Waals surface area contributed by atoms with Crippen molar-refractivity contribution < 1.29 is 13.2 Å². The third-order valence-electron chi connectivity index (χ3n) is 3.19. The van der Waals surface area contributed by atoms with Gasteiger partial charge >= 0.3 is 6.18 Å². The summed E-state index contributed by atoms with van der Waals surface area (Å²) >= 11 is 0. The second kappa shape index (κ2) is 6.33. The molecule has 21 heavy (non-hydrogen) atoms. The highest BCUT2D eigenvalue weighted by Gasteiger charge is 2.32. The van der Waals surface area contributed by atoms with E-state index in [9.17, 15) is 13.2 Å². The Bertz CT molecular complexity index is 471. The van der Waals surface area contributed by atoms with Crippen molar-refractivity contribution in [1.29, 1.82) is 0 Å². The molecule has 0 atom stereocenters. The van der Waals surface area contributed by atoms with E-state index in [4.69, 9.17) is 5.73 Å². The van der Waals surface area contributed by atoms with Crippen molar-refractivity contribution in [3.63, 3.8) is 0 Å². The highest BCUT2D eigenvalue weighted by molar-refractivity contribution is 5.52. The minimum atomic E-state index is -4.15. The summed E-state index contributed by atoms with van der Waals surface area (Å²) in [5.41, 5.74) is 5.66. The molecular weight excluding hydrogens is 285 g/mol. The van der Waals surface area contributed by atoms with E-state index in [0.29, 0.717) is 44.4 Å². The molecule has 1 aromatic rings. The van der Waals surface area contributed by atoms with Gasteiger partial charge < -0.3 is 16.0 Å². The number of piperazine rings is 1. The van der Waals surface area contributed by atoms with E-state index in [1.807, 2.05) is 11.8 Å². The molecule has 1 fully saturated rings. The van der Waals surface area contributed by atoms with E-state index in [0.717, 1.165) is 0 Å². The van der Waals surface area contributed by atoms with Crippen LogP contribution >= 0.6 is 0 Å². The number of nitrogens with two attached hydrogens (primary N) is 1. The highest BCUT2D eigenvalue weighted by atomic mass is 19.4. The summed E-state index contributed by atoms with van der Waals surface area (Å²) in [6.45, 7) is 3.44. The number of alkyl halides is 3. The molecular formula is C12H19F3N6. The number of halogens is 3. The lowest BCUT2D eigenvalue weighted by molar-refractivity contribution is -0.146. The average molecular weight is 304 g/mol. The Morgan fingerprint density at radius 3 is 2.48 bits per heavy atom. The van der Waals surface area contributed by atoms with Gasteiger partial charge in [0.15, 0.2) is 0 Å². The van der Waals surface area contributed by atoms with Crippen LogP contribution in [0.25, 0.3) is 0 Å². The molecule has 0 aliphatic carbocycles. The van der Waals surface area contributed by atoms with Crippen LogP contribution in [0, 0.1) is 0 Å². The van der Waals surface area contributed by atoms with Crippen LogP contribution < -0.4 is 16.0 Å². The fourth-order valence-corrected chi connectivity index (χ4v) is 2.27. The SMILES string of the molecule is CCNc1cc(N2CCN(CC(F)(F)F)CC2)nc(N)n1. The van der Waals surface area contributed by atoms with E-state index in [-0.39, 0.29) is 5.95 Å². The molecule has 1 aliphatic heterocycles. The van der Waals surface area contributed by atoms with E-state index < -0.39 is 12.7 Å². The van der Waals surface area contributed by atoms with Crippen molar-refractivity contribution in [3.8, 4) is 0 Å². The number of anilines is 3. The minimum absolute atomic E-state index is 0.154. The first-order chi connectivity index (χ1) is 9.87. The van der Waals surface area contributed by atoms with Crippen LogP contribution in [0.5, 0.6) is 0 Å². The fourth-order valence-electron chi connectivity index (χ4n) is 2.27. The molecule has 2 rings (SSSR count).